The third-order valence-corrected chi connectivity index (χ3v) is 6.60. The number of nitriles is 1. The van der Waals surface area contributed by atoms with E-state index in [4.69, 9.17) is 4.98 Å². The molecule has 31 heavy (non-hydrogen) atoms. The summed E-state index contributed by atoms with van der Waals surface area (Å²) in [4.78, 5) is 25.6. The van der Waals surface area contributed by atoms with Crippen LogP contribution in [0.25, 0.3) is 11.7 Å². The minimum absolute atomic E-state index is 0.248. The van der Waals surface area contributed by atoms with Gasteiger partial charge in [-0.2, -0.15) is 9.78 Å². The highest BCUT2D eigenvalue weighted by atomic mass is 32.1. The van der Waals surface area contributed by atoms with E-state index in [0.717, 1.165) is 54.5 Å². The average molecular weight is 439 g/mol. The first-order chi connectivity index (χ1) is 14.9. The molecule has 0 amide bonds. The van der Waals surface area contributed by atoms with Gasteiger partial charge in [-0.15, -0.1) is 5.10 Å². The molecular formula is C23H30N6OS. The smallest absolute Gasteiger partial charge is 0.280 e. The summed E-state index contributed by atoms with van der Waals surface area (Å²) in [6.07, 6.45) is 6.99. The van der Waals surface area contributed by atoms with Gasteiger partial charge in [-0.1, -0.05) is 44.9 Å². The van der Waals surface area contributed by atoms with E-state index in [1.807, 2.05) is 19.9 Å². The van der Waals surface area contributed by atoms with Crippen molar-refractivity contribution in [3.8, 4) is 6.07 Å². The lowest BCUT2D eigenvalue weighted by Gasteiger charge is -2.21. The summed E-state index contributed by atoms with van der Waals surface area (Å²) in [5, 5.41) is 15.5. The fourth-order valence-corrected chi connectivity index (χ4v) is 4.54. The van der Waals surface area contributed by atoms with Crippen molar-refractivity contribution in [2.75, 3.05) is 18.0 Å². The maximum Gasteiger partial charge on any atom is 0.280 e. The predicted molar refractivity (Wildman–Crippen MR) is 126 cm³/mol. The summed E-state index contributed by atoms with van der Waals surface area (Å²) < 4.78 is 1.27. The van der Waals surface area contributed by atoms with Crippen LogP contribution in [0.15, 0.2) is 4.79 Å². The van der Waals surface area contributed by atoms with Gasteiger partial charge in [0.2, 0.25) is 0 Å². The number of aryl methyl sites for hydroxylation is 2. The van der Waals surface area contributed by atoms with Crippen molar-refractivity contribution in [3.63, 3.8) is 0 Å². The molecule has 0 atom stereocenters. The number of pyridine rings is 1. The number of fused-ring (bicyclic) bond motifs is 1. The topological polar surface area (TPSA) is 87.2 Å². The van der Waals surface area contributed by atoms with E-state index >= 15 is 0 Å². The van der Waals surface area contributed by atoms with E-state index in [9.17, 15) is 10.1 Å². The van der Waals surface area contributed by atoms with Gasteiger partial charge in [-0.05, 0) is 38.3 Å². The highest BCUT2D eigenvalue weighted by molar-refractivity contribution is 7.16. The van der Waals surface area contributed by atoms with Crippen LogP contribution in [0, 0.1) is 25.2 Å². The van der Waals surface area contributed by atoms with Crippen LogP contribution in [0.4, 0.5) is 5.13 Å². The molecule has 0 bridgehead atoms. The van der Waals surface area contributed by atoms with E-state index in [-0.39, 0.29) is 5.56 Å². The Morgan fingerprint density at radius 2 is 1.81 bits per heavy atom. The SMILES string of the molecule is CCCCN(CCCC)c1nc(C)c(/C=c2\c(C)c(C#N)c3nc(CC)nn3c2=O)s1. The number of rotatable bonds is 9. The Balaban J connectivity index is 2.14. The first kappa shape index (κ1) is 22.9. The molecule has 0 N–H and O–H groups in total. The second kappa shape index (κ2) is 10.0. The first-order valence-electron chi connectivity index (χ1n) is 11.0. The monoisotopic (exact) mass is 438 g/mol. The molecular weight excluding hydrogens is 408 g/mol. The largest absolute Gasteiger partial charge is 0.348 e. The van der Waals surface area contributed by atoms with Gasteiger partial charge in [0.15, 0.2) is 16.6 Å². The lowest BCUT2D eigenvalue weighted by molar-refractivity contribution is 0.676. The minimum Gasteiger partial charge on any atom is -0.348 e. The van der Waals surface area contributed by atoms with Crippen LogP contribution in [0.5, 0.6) is 0 Å². The van der Waals surface area contributed by atoms with Crippen LogP contribution in [-0.4, -0.2) is 32.7 Å². The first-order valence-corrected chi connectivity index (χ1v) is 11.8. The molecule has 0 aliphatic rings. The molecule has 3 rings (SSSR count). The van der Waals surface area contributed by atoms with Crippen molar-refractivity contribution in [1.82, 2.24) is 19.6 Å². The number of thiazole rings is 1. The zero-order valence-electron chi connectivity index (χ0n) is 19.0. The number of aromatic nitrogens is 4. The van der Waals surface area contributed by atoms with Gasteiger partial charge < -0.3 is 4.90 Å². The summed E-state index contributed by atoms with van der Waals surface area (Å²) in [5.74, 6) is 0.559. The molecule has 0 radical (unpaired) electrons. The summed E-state index contributed by atoms with van der Waals surface area (Å²) in [7, 11) is 0. The number of anilines is 1. The molecule has 3 aromatic rings. The van der Waals surface area contributed by atoms with Crippen LogP contribution in [0.2, 0.25) is 0 Å². The van der Waals surface area contributed by atoms with Gasteiger partial charge >= 0.3 is 0 Å². The van der Waals surface area contributed by atoms with Gasteiger partial charge in [0.25, 0.3) is 5.56 Å². The van der Waals surface area contributed by atoms with Crippen LogP contribution in [-0.2, 0) is 6.42 Å². The van der Waals surface area contributed by atoms with Crippen LogP contribution in [0.1, 0.15) is 74.0 Å². The standard InChI is InChI=1S/C23H30N6OS/c1-6-9-11-28(12-10-7-2)23-25-16(5)19(31-23)13-17-15(4)18(14-24)21-26-20(8-3)27-29(21)22(17)30/h13H,6-12H2,1-5H3/b17-13+. The molecule has 0 fully saturated rings. The molecule has 0 aliphatic carbocycles. The molecule has 0 saturated heterocycles. The van der Waals surface area contributed by atoms with Crippen LogP contribution in [0.3, 0.4) is 0 Å². The Hall–Kier alpha value is -2.79. The highest BCUT2D eigenvalue weighted by Gasteiger charge is 2.17. The van der Waals surface area contributed by atoms with Gasteiger partial charge in [0.05, 0.1) is 10.6 Å². The Labute approximate surface area is 187 Å². The molecule has 3 aromatic heterocycles. The molecule has 0 saturated carbocycles. The Morgan fingerprint density at radius 3 is 2.39 bits per heavy atom. The van der Waals surface area contributed by atoms with Gasteiger partial charge in [-0.3, -0.25) is 4.79 Å². The molecule has 0 aromatic carbocycles. The van der Waals surface area contributed by atoms with Crippen LogP contribution >= 0.6 is 11.3 Å². The van der Waals surface area contributed by atoms with Gasteiger partial charge in [0, 0.05) is 24.7 Å². The van der Waals surface area contributed by atoms with Crippen molar-refractivity contribution in [1.29, 1.82) is 5.26 Å². The van der Waals surface area contributed by atoms with Gasteiger partial charge in [-0.25, -0.2) is 9.97 Å². The normalized spacial score (nSPS) is 11.9. The average Bonchev–Trinajstić information content (AvgIpc) is 3.35. The molecule has 3 heterocycles. The number of hydrogen-bond acceptors (Lipinski definition) is 7. The van der Waals surface area contributed by atoms with Crippen molar-refractivity contribution in [2.24, 2.45) is 0 Å². The maximum absolute atomic E-state index is 13.2. The van der Waals surface area contributed by atoms with E-state index in [1.165, 1.54) is 4.52 Å². The molecule has 7 nitrogen and oxygen atoms in total. The highest BCUT2D eigenvalue weighted by Crippen LogP contribution is 2.27. The maximum atomic E-state index is 13.2. The number of hydrogen-bond donors (Lipinski definition) is 0. The minimum atomic E-state index is -0.248. The number of unbranched alkanes of at least 4 members (excludes halogenated alkanes) is 2. The second-order valence-electron chi connectivity index (χ2n) is 7.73. The van der Waals surface area contributed by atoms with E-state index in [0.29, 0.717) is 34.2 Å². The van der Waals surface area contributed by atoms with E-state index < -0.39 is 0 Å². The van der Waals surface area contributed by atoms with E-state index in [1.54, 1.807) is 18.3 Å². The predicted octanol–water partition coefficient (Wildman–Crippen LogP) is 3.55. The third kappa shape index (κ3) is 4.62. The summed E-state index contributed by atoms with van der Waals surface area (Å²) >= 11 is 1.60. The molecule has 164 valence electrons. The van der Waals surface area contributed by atoms with Crippen molar-refractivity contribution in [3.05, 3.63) is 43.1 Å². The Bertz CT molecular complexity index is 1210. The summed E-state index contributed by atoms with van der Waals surface area (Å²) in [6, 6.07) is 2.21. The molecule has 0 unspecified atom stereocenters. The Kier molecular flexibility index (Phi) is 7.39. The van der Waals surface area contributed by atoms with Crippen LogP contribution < -0.4 is 15.7 Å². The zero-order chi connectivity index (χ0) is 22.5. The van der Waals surface area contributed by atoms with Crippen molar-refractivity contribution in [2.45, 2.75) is 66.7 Å². The van der Waals surface area contributed by atoms with Gasteiger partial charge in [0.1, 0.15) is 11.6 Å². The lowest BCUT2D eigenvalue weighted by atomic mass is 10.1. The molecule has 8 heteroatoms. The van der Waals surface area contributed by atoms with E-state index in [2.05, 4.69) is 34.9 Å². The molecule has 0 aliphatic heterocycles. The van der Waals surface area contributed by atoms with Crippen molar-refractivity contribution < 1.29 is 0 Å². The Morgan fingerprint density at radius 1 is 1.13 bits per heavy atom. The second-order valence-corrected chi connectivity index (χ2v) is 8.74. The third-order valence-electron chi connectivity index (χ3n) is 5.43. The summed E-state index contributed by atoms with van der Waals surface area (Å²) in [6.45, 7) is 12.1. The van der Waals surface area contributed by atoms with Crippen molar-refractivity contribution >= 4 is 28.2 Å². The fraction of sp³-hybridized carbons (Fsp3) is 0.522. The quantitative estimate of drug-likeness (QED) is 0.508. The molecule has 0 spiro atoms. The fourth-order valence-electron chi connectivity index (χ4n) is 3.48. The zero-order valence-corrected chi connectivity index (χ0v) is 19.8. The lowest BCUT2D eigenvalue weighted by Crippen LogP contribution is -2.34. The summed E-state index contributed by atoms with van der Waals surface area (Å²) in [5.41, 5.74) is 2.02. The number of nitrogens with zero attached hydrogens (tertiary/aromatic N) is 6.